The first-order chi connectivity index (χ1) is 8.00. The zero-order valence-electron chi connectivity index (χ0n) is 10.4. The molecule has 1 amide bonds. The number of nitrogens with zero attached hydrogens (tertiary/aromatic N) is 2. The molecule has 5 nitrogen and oxygen atoms in total. The van der Waals surface area contributed by atoms with Crippen molar-refractivity contribution in [2.24, 2.45) is 0 Å². The standard InChI is InChI=1S/C12H20N2O3/c1-8-7-14(9-3-4-9)12(17)10(13(8)2)5-6-11(15)16/h8-10H,3-7H2,1-2H3,(H,15,16). The zero-order valence-corrected chi connectivity index (χ0v) is 10.4. The highest BCUT2D eigenvalue weighted by molar-refractivity contribution is 5.84. The molecule has 5 heteroatoms. The number of carbonyl (C=O) groups is 2. The van der Waals surface area contributed by atoms with Crippen molar-refractivity contribution in [1.29, 1.82) is 0 Å². The Morgan fingerprint density at radius 2 is 2.12 bits per heavy atom. The third-order valence-electron chi connectivity index (χ3n) is 3.84. The normalized spacial score (nSPS) is 30.7. The maximum absolute atomic E-state index is 12.3. The van der Waals surface area contributed by atoms with Crippen LogP contribution >= 0.6 is 0 Å². The summed E-state index contributed by atoms with van der Waals surface area (Å²) >= 11 is 0. The minimum Gasteiger partial charge on any atom is -0.481 e. The average Bonchev–Trinajstić information content (AvgIpc) is 3.06. The molecule has 1 aliphatic heterocycles. The maximum atomic E-state index is 12.3. The topological polar surface area (TPSA) is 60.9 Å². The lowest BCUT2D eigenvalue weighted by Crippen LogP contribution is -2.60. The lowest BCUT2D eigenvalue weighted by Gasteiger charge is -2.43. The van der Waals surface area contributed by atoms with Gasteiger partial charge in [-0.1, -0.05) is 0 Å². The van der Waals surface area contributed by atoms with Gasteiger partial charge in [-0.3, -0.25) is 14.5 Å². The van der Waals surface area contributed by atoms with Crippen LogP contribution in [0.15, 0.2) is 0 Å². The van der Waals surface area contributed by atoms with E-state index in [4.69, 9.17) is 5.11 Å². The van der Waals surface area contributed by atoms with E-state index in [0.29, 0.717) is 18.5 Å². The Morgan fingerprint density at radius 3 is 2.65 bits per heavy atom. The highest BCUT2D eigenvalue weighted by Gasteiger charge is 2.42. The molecule has 0 aromatic rings. The number of carboxylic acid groups (broad SMARTS) is 1. The molecular formula is C12H20N2O3. The van der Waals surface area contributed by atoms with E-state index >= 15 is 0 Å². The third kappa shape index (κ3) is 2.60. The van der Waals surface area contributed by atoms with Crippen LogP contribution in [-0.4, -0.2) is 58.5 Å². The van der Waals surface area contributed by atoms with Crippen LogP contribution in [0.4, 0.5) is 0 Å². The molecule has 0 radical (unpaired) electrons. The van der Waals surface area contributed by atoms with Gasteiger partial charge in [0.25, 0.3) is 0 Å². The summed E-state index contributed by atoms with van der Waals surface area (Å²) in [5.74, 6) is -0.711. The van der Waals surface area contributed by atoms with Crippen molar-refractivity contribution >= 4 is 11.9 Å². The van der Waals surface area contributed by atoms with Crippen molar-refractivity contribution in [3.05, 3.63) is 0 Å². The van der Waals surface area contributed by atoms with Gasteiger partial charge in [0.05, 0.1) is 6.04 Å². The van der Waals surface area contributed by atoms with E-state index in [-0.39, 0.29) is 18.4 Å². The molecule has 2 unspecified atom stereocenters. The molecule has 2 atom stereocenters. The predicted octanol–water partition coefficient (Wildman–Crippen LogP) is 0.545. The van der Waals surface area contributed by atoms with Gasteiger partial charge in [0.1, 0.15) is 0 Å². The van der Waals surface area contributed by atoms with E-state index in [2.05, 4.69) is 6.92 Å². The van der Waals surface area contributed by atoms with Gasteiger partial charge in [-0.05, 0) is 33.2 Å². The molecule has 1 saturated carbocycles. The van der Waals surface area contributed by atoms with Crippen LogP contribution in [0.3, 0.4) is 0 Å². The van der Waals surface area contributed by atoms with Gasteiger partial charge >= 0.3 is 5.97 Å². The Hall–Kier alpha value is -1.10. The molecule has 1 aliphatic carbocycles. The maximum Gasteiger partial charge on any atom is 0.303 e. The van der Waals surface area contributed by atoms with E-state index in [9.17, 15) is 9.59 Å². The monoisotopic (exact) mass is 240 g/mol. The summed E-state index contributed by atoms with van der Waals surface area (Å²) in [5.41, 5.74) is 0. The number of rotatable bonds is 4. The van der Waals surface area contributed by atoms with Crippen molar-refractivity contribution in [2.75, 3.05) is 13.6 Å². The Kier molecular flexibility index (Phi) is 3.38. The smallest absolute Gasteiger partial charge is 0.303 e. The number of piperazine rings is 1. The van der Waals surface area contributed by atoms with Crippen LogP contribution in [0.5, 0.6) is 0 Å². The van der Waals surface area contributed by atoms with Gasteiger partial charge in [-0.2, -0.15) is 0 Å². The molecule has 2 aliphatic rings. The molecule has 2 fully saturated rings. The van der Waals surface area contributed by atoms with E-state index in [0.717, 1.165) is 19.4 Å². The summed E-state index contributed by atoms with van der Waals surface area (Å²) in [6.45, 7) is 2.87. The fourth-order valence-corrected chi connectivity index (χ4v) is 2.48. The first-order valence-corrected chi connectivity index (χ1v) is 6.25. The van der Waals surface area contributed by atoms with Gasteiger partial charge in [-0.25, -0.2) is 0 Å². The van der Waals surface area contributed by atoms with Crippen LogP contribution in [-0.2, 0) is 9.59 Å². The predicted molar refractivity (Wildman–Crippen MR) is 62.6 cm³/mol. The molecule has 1 saturated heterocycles. The van der Waals surface area contributed by atoms with Crippen molar-refractivity contribution in [3.8, 4) is 0 Å². The van der Waals surface area contributed by atoms with Crippen LogP contribution in [0.25, 0.3) is 0 Å². The molecule has 0 bridgehead atoms. The number of carbonyl (C=O) groups excluding carboxylic acids is 1. The number of carboxylic acids is 1. The van der Waals surface area contributed by atoms with Gasteiger partial charge in [0.2, 0.25) is 5.91 Å². The number of hydrogen-bond donors (Lipinski definition) is 1. The Labute approximate surface area is 101 Å². The van der Waals surface area contributed by atoms with Gasteiger partial charge in [-0.15, -0.1) is 0 Å². The zero-order chi connectivity index (χ0) is 12.6. The highest BCUT2D eigenvalue weighted by atomic mass is 16.4. The average molecular weight is 240 g/mol. The van der Waals surface area contributed by atoms with Crippen LogP contribution in [0, 0.1) is 0 Å². The largest absolute Gasteiger partial charge is 0.481 e. The summed E-state index contributed by atoms with van der Waals surface area (Å²) in [7, 11) is 1.92. The Balaban J connectivity index is 2.03. The van der Waals surface area contributed by atoms with Gasteiger partial charge in [0.15, 0.2) is 0 Å². The molecular weight excluding hydrogens is 220 g/mol. The van der Waals surface area contributed by atoms with Crippen molar-refractivity contribution in [2.45, 2.75) is 50.7 Å². The second-order valence-electron chi connectivity index (χ2n) is 5.18. The summed E-state index contributed by atoms with van der Waals surface area (Å²) in [6, 6.07) is 0.480. The highest BCUT2D eigenvalue weighted by Crippen LogP contribution is 2.31. The van der Waals surface area contributed by atoms with E-state index in [1.54, 1.807) is 0 Å². The third-order valence-corrected chi connectivity index (χ3v) is 3.84. The Morgan fingerprint density at radius 1 is 1.47 bits per heavy atom. The molecule has 0 spiro atoms. The fourth-order valence-electron chi connectivity index (χ4n) is 2.48. The number of aliphatic carboxylic acids is 1. The lowest BCUT2D eigenvalue weighted by molar-refractivity contribution is -0.145. The molecule has 0 aromatic heterocycles. The first-order valence-electron chi connectivity index (χ1n) is 6.25. The summed E-state index contributed by atoms with van der Waals surface area (Å²) in [4.78, 5) is 26.9. The van der Waals surface area contributed by atoms with Crippen molar-refractivity contribution in [1.82, 2.24) is 9.80 Å². The van der Waals surface area contributed by atoms with Crippen LogP contribution in [0.1, 0.15) is 32.6 Å². The van der Waals surface area contributed by atoms with Crippen molar-refractivity contribution in [3.63, 3.8) is 0 Å². The van der Waals surface area contributed by atoms with Gasteiger partial charge in [0, 0.05) is 25.0 Å². The lowest BCUT2D eigenvalue weighted by atomic mass is 10.0. The molecule has 17 heavy (non-hydrogen) atoms. The summed E-state index contributed by atoms with van der Waals surface area (Å²) in [6.07, 6.45) is 2.69. The SMILES string of the molecule is CC1CN(C2CC2)C(=O)C(CCC(=O)O)N1C. The number of amides is 1. The molecule has 1 heterocycles. The van der Waals surface area contributed by atoms with E-state index in [1.165, 1.54) is 0 Å². The van der Waals surface area contributed by atoms with Crippen molar-refractivity contribution < 1.29 is 14.7 Å². The molecule has 2 rings (SSSR count). The molecule has 0 aromatic carbocycles. The van der Waals surface area contributed by atoms with Crippen LogP contribution < -0.4 is 0 Å². The van der Waals surface area contributed by atoms with Crippen LogP contribution in [0.2, 0.25) is 0 Å². The summed E-state index contributed by atoms with van der Waals surface area (Å²) in [5, 5.41) is 8.73. The summed E-state index contributed by atoms with van der Waals surface area (Å²) < 4.78 is 0. The van der Waals surface area contributed by atoms with Gasteiger partial charge < -0.3 is 10.0 Å². The second-order valence-corrected chi connectivity index (χ2v) is 5.18. The first kappa shape index (κ1) is 12.4. The molecule has 1 N–H and O–H groups in total. The van der Waals surface area contributed by atoms with E-state index < -0.39 is 5.97 Å². The number of likely N-dealkylation sites (N-methyl/N-ethyl adjacent to an activating group) is 1. The Bertz CT molecular complexity index is 328. The minimum absolute atomic E-state index is 0.0615. The number of hydrogen-bond acceptors (Lipinski definition) is 3. The minimum atomic E-state index is -0.831. The second kappa shape index (κ2) is 4.64. The molecule has 96 valence electrons. The quantitative estimate of drug-likeness (QED) is 0.779. The van der Waals surface area contributed by atoms with E-state index in [1.807, 2.05) is 16.8 Å². The fraction of sp³-hybridized carbons (Fsp3) is 0.833.